The van der Waals surface area contributed by atoms with E-state index in [0.29, 0.717) is 5.75 Å². The lowest BCUT2D eigenvalue weighted by molar-refractivity contribution is -0.113. The summed E-state index contributed by atoms with van der Waals surface area (Å²) in [6.07, 6.45) is 0. The van der Waals surface area contributed by atoms with E-state index in [4.69, 9.17) is 0 Å². The molecule has 0 radical (unpaired) electrons. The van der Waals surface area contributed by atoms with E-state index in [-0.39, 0.29) is 28.5 Å². The molecule has 0 aliphatic heterocycles. The second kappa shape index (κ2) is 8.67. The van der Waals surface area contributed by atoms with Crippen LogP contribution in [0.3, 0.4) is 0 Å². The second-order valence-electron chi connectivity index (χ2n) is 5.65. The fourth-order valence-corrected chi connectivity index (χ4v) is 2.96. The maximum absolute atomic E-state index is 13.9. The minimum absolute atomic E-state index is 0.0632. The number of hydrogen-bond donors (Lipinski definition) is 1. The van der Waals surface area contributed by atoms with Gasteiger partial charge in [0.1, 0.15) is 5.82 Å². The zero-order chi connectivity index (χ0) is 18.4. The minimum atomic E-state index is -0.650. The van der Waals surface area contributed by atoms with Crippen molar-refractivity contribution in [1.29, 1.82) is 0 Å². The molecule has 132 valence electrons. The Bertz CT molecular complexity index is 775. The van der Waals surface area contributed by atoms with E-state index in [9.17, 15) is 14.0 Å². The molecule has 0 spiro atoms. The predicted molar refractivity (Wildman–Crippen MR) is 98.4 cm³/mol. The summed E-state index contributed by atoms with van der Waals surface area (Å²) in [7, 11) is 1.22. The van der Waals surface area contributed by atoms with Gasteiger partial charge in [-0.15, -0.1) is 11.8 Å². The molecule has 0 fully saturated rings. The molecule has 0 aliphatic carbocycles. The number of carbonyl (C=O) groups excluding carboxylic acids is 2. The third-order valence-corrected chi connectivity index (χ3v) is 4.67. The highest BCUT2D eigenvalue weighted by Crippen LogP contribution is 2.22. The number of aryl methyl sites for hydroxylation is 1. The fraction of sp³-hybridized carbons (Fsp3) is 0.263. The van der Waals surface area contributed by atoms with Gasteiger partial charge in [0.2, 0.25) is 5.91 Å². The molecule has 6 heteroatoms. The number of anilines is 1. The van der Waals surface area contributed by atoms with Crippen molar-refractivity contribution in [2.75, 3.05) is 18.2 Å². The first-order valence-corrected chi connectivity index (χ1v) is 8.87. The molecule has 0 saturated heterocycles. The second-order valence-corrected chi connectivity index (χ2v) is 6.63. The van der Waals surface area contributed by atoms with Crippen LogP contribution in [0.2, 0.25) is 0 Å². The monoisotopic (exact) mass is 361 g/mol. The Labute approximate surface area is 150 Å². The summed E-state index contributed by atoms with van der Waals surface area (Å²) < 4.78 is 18.5. The van der Waals surface area contributed by atoms with Crippen LogP contribution in [-0.4, -0.2) is 24.7 Å². The summed E-state index contributed by atoms with van der Waals surface area (Å²) in [4.78, 5) is 23.7. The Kier molecular flexibility index (Phi) is 6.58. The summed E-state index contributed by atoms with van der Waals surface area (Å²) in [5.74, 6) is -0.518. The fourth-order valence-electron chi connectivity index (χ4n) is 2.18. The van der Waals surface area contributed by atoms with Crippen LogP contribution >= 0.6 is 11.8 Å². The Morgan fingerprint density at radius 1 is 1.16 bits per heavy atom. The van der Waals surface area contributed by atoms with Crippen LogP contribution in [0.15, 0.2) is 36.4 Å². The van der Waals surface area contributed by atoms with Gasteiger partial charge in [-0.05, 0) is 31.5 Å². The molecule has 0 atom stereocenters. The van der Waals surface area contributed by atoms with Crippen molar-refractivity contribution in [3.8, 4) is 0 Å². The lowest BCUT2D eigenvalue weighted by Crippen LogP contribution is -2.16. The van der Waals surface area contributed by atoms with Crippen molar-refractivity contribution in [3.63, 3.8) is 0 Å². The molecule has 0 unspecified atom stereocenters. The molecule has 0 saturated carbocycles. The Hall–Kier alpha value is -2.34. The van der Waals surface area contributed by atoms with Crippen molar-refractivity contribution in [3.05, 3.63) is 64.5 Å². The molecule has 2 aromatic carbocycles. The maximum Gasteiger partial charge on any atom is 0.338 e. The van der Waals surface area contributed by atoms with Crippen LogP contribution in [0, 0.1) is 19.7 Å². The van der Waals surface area contributed by atoms with Crippen molar-refractivity contribution >= 4 is 29.3 Å². The van der Waals surface area contributed by atoms with Crippen molar-refractivity contribution in [1.82, 2.24) is 0 Å². The number of ether oxygens (including phenoxy) is 1. The molecule has 0 heterocycles. The quantitative estimate of drug-likeness (QED) is 0.787. The van der Waals surface area contributed by atoms with E-state index in [0.717, 1.165) is 11.6 Å². The number of thioether (sulfide) groups is 1. The molecule has 1 N–H and O–H groups in total. The third kappa shape index (κ3) is 5.32. The Morgan fingerprint density at radius 2 is 1.84 bits per heavy atom. The smallest absolute Gasteiger partial charge is 0.338 e. The predicted octanol–water partition coefficient (Wildman–Crippen LogP) is 4.10. The summed E-state index contributed by atoms with van der Waals surface area (Å²) in [5, 5.41) is 2.66. The lowest BCUT2D eigenvalue weighted by atomic mass is 10.1. The third-order valence-electron chi connectivity index (χ3n) is 3.66. The molecule has 2 aromatic rings. The van der Waals surface area contributed by atoms with E-state index >= 15 is 0 Å². The van der Waals surface area contributed by atoms with Gasteiger partial charge in [0.25, 0.3) is 0 Å². The highest BCUT2D eigenvalue weighted by Gasteiger charge is 2.14. The van der Waals surface area contributed by atoms with Crippen LogP contribution < -0.4 is 5.32 Å². The van der Waals surface area contributed by atoms with Gasteiger partial charge in [0.05, 0.1) is 18.4 Å². The molecule has 25 heavy (non-hydrogen) atoms. The molecule has 0 aromatic heterocycles. The number of rotatable bonds is 6. The van der Waals surface area contributed by atoms with Gasteiger partial charge in [-0.1, -0.05) is 29.8 Å². The van der Waals surface area contributed by atoms with Gasteiger partial charge in [0.15, 0.2) is 0 Å². The van der Waals surface area contributed by atoms with E-state index < -0.39 is 11.8 Å². The van der Waals surface area contributed by atoms with Gasteiger partial charge < -0.3 is 10.1 Å². The Morgan fingerprint density at radius 3 is 2.48 bits per heavy atom. The normalized spacial score (nSPS) is 10.4. The number of benzene rings is 2. The maximum atomic E-state index is 13.9. The summed E-state index contributed by atoms with van der Waals surface area (Å²) >= 11 is 1.47. The molecule has 4 nitrogen and oxygen atoms in total. The van der Waals surface area contributed by atoms with E-state index in [2.05, 4.69) is 10.1 Å². The molecule has 1 amide bonds. The topological polar surface area (TPSA) is 55.4 Å². The summed E-state index contributed by atoms with van der Waals surface area (Å²) in [5.41, 5.74) is 2.95. The number of methoxy groups -OCH3 is 1. The molecule has 2 rings (SSSR count). The average Bonchev–Trinajstić information content (AvgIpc) is 2.59. The number of amides is 1. The molecule has 0 bridgehead atoms. The highest BCUT2D eigenvalue weighted by molar-refractivity contribution is 7.99. The first kappa shape index (κ1) is 19.0. The molecular formula is C19H20FNO3S. The van der Waals surface area contributed by atoms with Gasteiger partial charge in [-0.3, -0.25) is 4.79 Å². The number of nitrogens with one attached hydrogen (secondary N) is 1. The first-order chi connectivity index (χ1) is 11.9. The molecular weight excluding hydrogens is 341 g/mol. The standard InChI is InChI=1S/C19H20FNO3S/c1-12-4-6-14(7-5-12)10-25-11-18(22)21-17-9-15(19(23)24-3)8-16(20)13(17)2/h4-9H,10-11H2,1-3H3,(H,21,22). The van der Waals surface area contributed by atoms with Crippen LogP contribution in [0.5, 0.6) is 0 Å². The Balaban J connectivity index is 1.96. The largest absolute Gasteiger partial charge is 0.465 e. The average molecular weight is 361 g/mol. The highest BCUT2D eigenvalue weighted by atomic mass is 32.2. The summed E-state index contributed by atoms with van der Waals surface area (Å²) in [6.45, 7) is 3.57. The first-order valence-electron chi connectivity index (χ1n) is 7.72. The van der Waals surface area contributed by atoms with E-state index in [1.54, 1.807) is 6.92 Å². The van der Waals surface area contributed by atoms with Crippen LogP contribution in [0.1, 0.15) is 27.0 Å². The van der Waals surface area contributed by atoms with Crippen LogP contribution in [-0.2, 0) is 15.3 Å². The zero-order valence-corrected chi connectivity index (χ0v) is 15.2. The lowest BCUT2D eigenvalue weighted by Gasteiger charge is -2.11. The van der Waals surface area contributed by atoms with Crippen molar-refractivity contribution in [2.24, 2.45) is 0 Å². The number of halogens is 1. The van der Waals surface area contributed by atoms with Crippen molar-refractivity contribution in [2.45, 2.75) is 19.6 Å². The van der Waals surface area contributed by atoms with Crippen LogP contribution in [0.25, 0.3) is 0 Å². The SMILES string of the molecule is COC(=O)c1cc(F)c(C)c(NC(=O)CSCc2ccc(C)cc2)c1. The van der Waals surface area contributed by atoms with Crippen molar-refractivity contribution < 1.29 is 18.7 Å². The summed E-state index contributed by atoms with van der Waals surface area (Å²) in [6, 6.07) is 10.6. The van der Waals surface area contributed by atoms with Gasteiger partial charge >= 0.3 is 5.97 Å². The van der Waals surface area contributed by atoms with Gasteiger partial charge in [-0.25, -0.2) is 9.18 Å². The van der Waals surface area contributed by atoms with E-state index in [1.165, 1.54) is 30.5 Å². The molecule has 0 aliphatic rings. The minimum Gasteiger partial charge on any atom is -0.465 e. The van der Waals surface area contributed by atoms with Gasteiger partial charge in [-0.2, -0.15) is 0 Å². The van der Waals surface area contributed by atoms with Crippen LogP contribution in [0.4, 0.5) is 10.1 Å². The van der Waals surface area contributed by atoms with Gasteiger partial charge in [0, 0.05) is 17.0 Å². The number of carbonyl (C=O) groups is 2. The zero-order valence-electron chi connectivity index (χ0n) is 14.4. The van der Waals surface area contributed by atoms with E-state index in [1.807, 2.05) is 31.2 Å². The number of hydrogen-bond acceptors (Lipinski definition) is 4. The number of esters is 1.